The lowest BCUT2D eigenvalue weighted by atomic mass is 9.89. The van der Waals surface area contributed by atoms with Crippen LogP contribution in [0, 0.1) is 0 Å². The Morgan fingerprint density at radius 3 is 2.03 bits per heavy atom. The molecule has 1 heterocycles. The Morgan fingerprint density at radius 2 is 1.52 bits per heavy atom. The van der Waals surface area contributed by atoms with Gasteiger partial charge in [-0.3, -0.25) is 4.79 Å². The Bertz CT molecular complexity index is 1240. The van der Waals surface area contributed by atoms with Crippen molar-refractivity contribution in [2.24, 2.45) is 0 Å². The SMILES string of the molecule is CCCC(=O)Oc1cn(S(=O)(=O)c2c(C(C)C)cc(C(C)C)cc2C(C)C)c2ccccc12. The standard InChI is InChI=1S/C27H35NO4S/c1-8-11-26(29)32-25-16-28(24-13-10-9-12-21(24)25)33(30,31)27-22(18(4)5)14-20(17(2)3)15-23(27)19(6)7/h9-10,12-19H,8,11H2,1-7H3. The van der Waals surface area contributed by atoms with Gasteiger partial charge >= 0.3 is 5.97 Å². The van der Waals surface area contributed by atoms with Crippen LogP contribution in [0.1, 0.15) is 95.8 Å². The number of fused-ring (bicyclic) bond motifs is 1. The highest BCUT2D eigenvalue weighted by atomic mass is 32.2. The van der Waals surface area contributed by atoms with E-state index in [2.05, 4.69) is 13.8 Å². The highest BCUT2D eigenvalue weighted by Gasteiger charge is 2.30. The summed E-state index contributed by atoms with van der Waals surface area (Å²) in [6.45, 7) is 14.2. The molecule has 0 saturated carbocycles. The van der Waals surface area contributed by atoms with E-state index in [1.807, 2.05) is 52.8 Å². The Balaban J connectivity index is 2.32. The van der Waals surface area contributed by atoms with Gasteiger partial charge in [-0.15, -0.1) is 0 Å². The van der Waals surface area contributed by atoms with Gasteiger partial charge in [0.25, 0.3) is 10.0 Å². The van der Waals surface area contributed by atoms with E-state index in [9.17, 15) is 13.2 Å². The second-order valence-corrected chi connectivity index (χ2v) is 11.3. The van der Waals surface area contributed by atoms with Crippen molar-refractivity contribution in [3.05, 3.63) is 59.3 Å². The molecule has 0 unspecified atom stereocenters. The van der Waals surface area contributed by atoms with E-state index in [-0.39, 0.29) is 35.9 Å². The van der Waals surface area contributed by atoms with Gasteiger partial charge in [0, 0.05) is 11.8 Å². The molecule has 33 heavy (non-hydrogen) atoms. The zero-order chi connectivity index (χ0) is 24.5. The molecular formula is C27H35NO4S. The second kappa shape index (κ2) is 9.72. The van der Waals surface area contributed by atoms with Gasteiger partial charge in [0.05, 0.1) is 16.6 Å². The van der Waals surface area contributed by atoms with Gasteiger partial charge in [0.15, 0.2) is 5.75 Å². The van der Waals surface area contributed by atoms with Crippen molar-refractivity contribution in [2.45, 2.75) is 84.0 Å². The third-order valence-electron chi connectivity index (χ3n) is 5.92. The molecule has 3 aromatic rings. The van der Waals surface area contributed by atoms with Gasteiger partial charge in [-0.25, -0.2) is 12.4 Å². The fourth-order valence-electron chi connectivity index (χ4n) is 4.06. The molecule has 1 aromatic heterocycles. The van der Waals surface area contributed by atoms with Crippen molar-refractivity contribution in [3.63, 3.8) is 0 Å². The monoisotopic (exact) mass is 469 g/mol. The lowest BCUT2D eigenvalue weighted by Crippen LogP contribution is -2.18. The number of hydrogen-bond donors (Lipinski definition) is 0. The minimum atomic E-state index is -3.96. The normalized spacial score (nSPS) is 12.3. The number of para-hydroxylation sites is 1. The van der Waals surface area contributed by atoms with Crippen LogP contribution in [0.5, 0.6) is 5.75 Å². The Morgan fingerprint density at radius 1 is 0.939 bits per heavy atom. The Hall–Kier alpha value is -2.60. The summed E-state index contributed by atoms with van der Waals surface area (Å²) in [6.07, 6.45) is 2.38. The van der Waals surface area contributed by atoms with Crippen LogP contribution in [0.15, 0.2) is 47.5 Å². The van der Waals surface area contributed by atoms with Crippen LogP contribution in [-0.4, -0.2) is 18.4 Å². The molecule has 2 aromatic carbocycles. The summed E-state index contributed by atoms with van der Waals surface area (Å²) in [4.78, 5) is 12.5. The van der Waals surface area contributed by atoms with E-state index in [1.54, 1.807) is 18.2 Å². The van der Waals surface area contributed by atoms with E-state index < -0.39 is 10.0 Å². The summed E-state index contributed by atoms with van der Waals surface area (Å²) < 4.78 is 35.3. The smallest absolute Gasteiger partial charge is 0.311 e. The topological polar surface area (TPSA) is 65.4 Å². The number of carbonyl (C=O) groups is 1. The summed E-state index contributed by atoms with van der Waals surface area (Å²) in [5.74, 6) is 0.228. The first-order chi connectivity index (χ1) is 15.5. The Labute approximate surface area is 197 Å². The van der Waals surface area contributed by atoms with Gasteiger partial charge < -0.3 is 4.74 Å². The molecule has 0 aliphatic heterocycles. The predicted molar refractivity (Wildman–Crippen MR) is 134 cm³/mol. The fourth-order valence-corrected chi connectivity index (χ4v) is 6.10. The van der Waals surface area contributed by atoms with Crippen LogP contribution in [0.25, 0.3) is 10.9 Å². The van der Waals surface area contributed by atoms with Crippen LogP contribution >= 0.6 is 0 Å². The van der Waals surface area contributed by atoms with E-state index in [1.165, 1.54) is 10.2 Å². The second-order valence-electron chi connectivity index (χ2n) is 9.53. The molecule has 6 heteroatoms. The van der Waals surface area contributed by atoms with Gasteiger partial charge in [0.2, 0.25) is 0 Å². The van der Waals surface area contributed by atoms with Crippen LogP contribution in [-0.2, 0) is 14.8 Å². The molecule has 178 valence electrons. The van der Waals surface area contributed by atoms with Crippen molar-refractivity contribution < 1.29 is 17.9 Å². The molecule has 0 amide bonds. The quantitative estimate of drug-likeness (QED) is 0.335. The number of hydrogen-bond acceptors (Lipinski definition) is 4. The molecule has 0 bridgehead atoms. The summed E-state index contributed by atoms with van der Waals surface area (Å²) in [7, 11) is -3.96. The number of carbonyl (C=O) groups excluding carboxylic acids is 1. The van der Waals surface area contributed by atoms with Crippen molar-refractivity contribution >= 4 is 26.9 Å². The molecule has 3 rings (SSSR count). The van der Waals surface area contributed by atoms with Gasteiger partial charge in [0.1, 0.15) is 0 Å². The van der Waals surface area contributed by atoms with E-state index >= 15 is 0 Å². The lowest BCUT2D eigenvalue weighted by Gasteiger charge is -2.23. The van der Waals surface area contributed by atoms with Crippen LogP contribution < -0.4 is 4.74 Å². The number of ether oxygens (including phenoxy) is 1. The van der Waals surface area contributed by atoms with E-state index in [4.69, 9.17) is 4.74 Å². The number of rotatable bonds is 8. The zero-order valence-corrected chi connectivity index (χ0v) is 21.5. The molecule has 5 nitrogen and oxygen atoms in total. The summed E-state index contributed by atoms with van der Waals surface area (Å²) in [5.41, 5.74) is 3.25. The molecule has 0 N–H and O–H groups in total. The maximum atomic E-state index is 14.2. The third-order valence-corrected chi connectivity index (χ3v) is 7.72. The summed E-state index contributed by atoms with van der Waals surface area (Å²) >= 11 is 0. The van der Waals surface area contributed by atoms with E-state index in [0.717, 1.165) is 16.7 Å². The van der Waals surface area contributed by atoms with Crippen molar-refractivity contribution in [3.8, 4) is 5.75 Å². The highest BCUT2D eigenvalue weighted by Crippen LogP contribution is 2.38. The molecule has 0 spiro atoms. The molecule has 0 aliphatic carbocycles. The highest BCUT2D eigenvalue weighted by molar-refractivity contribution is 7.90. The van der Waals surface area contributed by atoms with Gasteiger partial charge in [-0.1, -0.05) is 72.7 Å². The predicted octanol–water partition coefficient (Wildman–Crippen LogP) is 6.95. The maximum absolute atomic E-state index is 14.2. The Kier molecular flexibility index (Phi) is 7.37. The lowest BCUT2D eigenvalue weighted by molar-refractivity contribution is -0.134. The molecular weight excluding hydrogens is 434 g/mol. The fraction of sp³-hybridized carbons (Fsp3) is 0.444. The number of aromatic nitrogens is 1. The first kappa shape index (κ1) is 25.0. The van der Waals surface area contributed by atoms with Crippen LogP contribution in [0.3, 0.4) is 0 Å². The number of benzene rings is 2. The van der Waals surface area contributed by atoms with Gasteiger partial charge in [-0.05, 0) is 53.0 Å². The van der Waals surface area contributed by atoms with Crippen molar-refractivity contribution in [2.75, 3.05) is 0 Å². The van der Waals surface area contributed by atoms with Crippen LogP contribution in [0.2, 0.25) is 0 Å². The summed E-state index contributed by atoms with van der Waals surface area (Å²) in [6, 6.07) is 11.2. The minimum absolute atomic E-state index is 0.0228. The van der Waals surface area contributed by atoms with Crippen LogP contribution in [0.4, 0.5) is 0 Å². The average molecular weight is 470 g/mol. The molecule has 0 fully saturated rings. The molecule has 0 atom stereocenters. The average Bonchev–Trinajstić information content (AvgIpc) is 3.12. The maximum Gasteiger partial charge on any atom is 0.311 e. The number of nitrogens with zero attached hydrogens (tertiary/aromatic N) is 1. The minimum Gasteiger partial charge on any atom is -0.424 e. The first-order valence-corrected chi connectivity index (χ1v) is 13.2. The largest absolute Gasteiger partial charge is 0.424 e. The third kappa shape index (κ3) is 4.86. The first-order valence-electron chi connectivity index (χ1n) is 11.7. The van der Waals surface area contributed by atoms with Crippen molar-refractivity contribution in [1.82, 2.24) is 3.97 Å². The molecule has 0 radical (unpaired) electrons. The molecule has 0 aliphatic rings. The number of esters is 1. The molecule has 0 saturated heterocycles. The van der Waals surface area contributed by atoms with Gasteiger partial charge in [-0.2, -0.15) is 0 Å². The summed E-state index contributed by atoms with van der Waals surface area (Å²) in [5, 5.41) is 0.599. The van der Waals surface area contributed by atoms with Crippen molar-refractivity contribution in [1.29, 1.82) is 0 Å². The van der Waals surface area contributed by atoms with E-state index in [0.29, 0.717) is 22.2 Å². The zero-order valence-electron chi connectivity index (χ0n) is 20.7.